The number of aromatic nitrogens is 11. The molecule has 9 aromatic rings. The predicted molar refractivity (Wildman–Crippen MR) is 391 cm³/mol. The molecule has 25 nitrogen and oxygen atoms in total. The summed E-state index contributed by atoms with van der Waals surface area (Å²) in [6.07, 6.45) is 18.2. The first kappa shape index (κ1) is 75.7. The van der Waals surface area contributed by atoms with E-state index in [1.807, 2.05) is 105 Å². The van der Waals surface area contributed by atoms with Gasteiger partial charge >= 0.3 is 0 Å². The standard InChI is InChI=1S/C19H23FN6.C18H21FN6.C11H14FN3O2.C11H16FN3.C7H7BrN2O2.C4H8FN/c1-4-13-7-19(26-6-5-14(20)11-26)22-10-17(13)25(3)18-8-16-15(9-21-18)23-12-24(16)2;1-3-12-6-18(25-5-4-13(19)10-25)21-8-14(12)23-17-7-16-15(9-20-17)22-11-24(16)2;1-2-8-5-11(13-6-10(8)15(16)17)14-4-3-9(12)7-14;1-2-8-5-11(14-6-10(8)13)15-4-3-9(12)7-15;1-2-5-3-7(8)9-4-6(5)10(11)12;5-4-1-2-6-3-4/h7-10,12,14H,4-6,11H2,1-3H3;6-9,11,13H,3-5,10H2,1-2H3,(H,20,23);5-6,9H,2-4,7H2,1H3;5-6,9H,2-4,7,13H2,1H3;3-4H,2H2,1H3;4,6H,1-3H2/t14-;13-;2*9-;;4-/m0000.0/s1. The quantitative estimate of drug-likeness (QED) is 0.0372. The van der Waals surface area contributed by atoms with Crippen LogP contribution in [0.1, 0.15) is 94.5 Å². The number of nitrogens with two attached hydrogens (primary N) is 1. The lowest BCUT2D eigenvalue weighted by atomic mass is 10.1. The summed E-state index contributed by atoms with van der Waals surface area (Å²) in [5.41, 5.74) is 17.1. The molecule has 14 heterocycles. The second-order valence-corrected chi connectivity index (χ2v) is 25.9. The van der Waals surface area contributed by atoms with Crippen molar-refractivity contribution in [2.75, 3.05) is 108 Å². The lowest BCUT2D eigenvalue weighted by Gasteiger charge is -2.23. The highest BCUT2D eigenvalue weighted by Crippen LogP contribution is 2.33. The largest absolute Gasteiger partial charge is 0.397 e. The van der Waals surface area contributed by atoms with E-state index in [9.17, 15) is 42.2 Å². The van der Waals surface area contributed by atoms with Crippen LogP contribution in [0.3, 0.4) is 0 Å². The molecule has 5 aliphatic rings. The van der Waals surface area contributed by atoms with Crippen molar-refractivity contribution in [1.29, 1.82) is 0 Å². The average molecular weight is 1460 g/mol. The van der Waals surface area contributed by atoms with E-state index in [0.717, 1.165) is 125 Å². The van der Waals surface area contributed by atoms with Crippen molar-refractivity contribution >= 4 is 101 Å². The Hall–Kier alpha value is -9.52. The van der Waals surface area contributed by atoms with Crippen molar-refractivity contribution in [3.05, 3.63) is 151 Å². The van der Waals surface area contributed by atoms with Gasteiger partial charge in [0.2, 0.25) is 0 Å². The molecule has 5 atom stereocenters. The van der Waals surface area contributed by atoms with Crippen molar-refractivity contribution in [2.45, 2.75) is 130 Å². The molecule has 9 aromatic heterocycles. The van der Waals surface area contributed by atoms with E-state index in [2.05, 4.69) is 98.3 Å². The first-order valence-corrected chi connectivity index (χ1v) is 35.0. The van der Waals surface area contributed by atoms with Gasteiger partial charge in [-0.2, -0.15) is 0 Å². The summed E-state index contributed by atoms with van der Waals surface area (Å²) in [7, 11) is 5.93. The minimum atomic E-state index is -0.822. The number of nitrogens with one attached hydrogen (secondary N) is 2. The lowest BCUT2D eigenvalue weighted by molar-refractivity contribution is -0.386. The van der Waals surface area contributed by atoms with Crippen LogP contribution in [0.15, 0.2) is 103 Å². The van der Waals surface area contributed by atoms with Gasteiger partial charge in [0.15, 0.2) is 0 Å². The predicted octanol–water partition coefficient (Wildman–Crippen LogP) is 13.0. The first-order chi connectivity index (χ1) is 48.6. The van der Waals surface area contributed by atoms with E-state index in [-0.39, 0.29) is 11.4 Å². The maximum Gasteiger partial charge on any atom is 0.290 e. The Balaban J connectivity index is 0.000000148. The van der Waals surface area contributed by atoms with E-state index in [1.165, 1.54) is 18.0 Å². The van der Waals surface area contributed by atoms with Crippen LogP contribution >= 0.6 is 15.9 Å². The van der Waals surface area contributed by atoms with Gasteiger partial charge in [-0.3, -0.25) is 20.2 Å². The summed E-state index contributed by atoms with van der Waals surface area (Å²) in [6, 6.07) is 13.4. The van der Waals surface area contributed by atoms with Crippen molar-refractivity contribution in [2.24, 2.45) is 14.1 Å². The Labute approximate surface area is 592 Å². The van der Waals surface area contributed by atoms with E-state index >= 15 is 0 Å². The zero-order valence-electron chi connectivity index (χ0n) is 58.3. The van der Waals surface area contributed by atoms with Gasteiger partial charge in [0.1, 0.15) is 93.8 Å². The summed E-state index contributed by atoms with van der Waals surface area (Å²) in [4.78, 5) is 69.0. The minimum Gasteiger partial charge on any atom is -0.397 e. The zero-order chi connectivity index (χ0) is 72.4. The minimum absolute atomic E-state index is 0.0345. The number of anilines is 9. The van der Waals surface area contributed by atoms with Gasteiger partial charge in [-0.15, -0.1) is 0 Å². The SMILES string of the molecule is CCc1cc(Br)ncc1[N+](=O)[O-].CCc1cc(N2CC[C@H](F)C2)ncc1N.CCc1cc(N2CC[C@H](F)C2)ncc1N(C)c1cc2c(cn1)ncn2C.CCc1cc(N2CC[C@H](F)C2)ncc1Nc1cc2c(cn1)ncn2C.CCc1cc(N2CC[C@H](F)C2)ncc1[N+](=O)[O-].F[C@H]1CCNC1. The van der Waals surface area contributed by atoms with Crippen LogP contribution in [0.4, 0.5) is 85.3 Å². The third-order valence-electron chi connectivity index (χ3n) is 18.1. The Morgan fingerprint density at radius 1 is 0.525 bits per heavy atom. The fourth-order valence-corrected chi connectivity index (χ4v) is 12.5. The smallest absolute Gasteiger partial charge is 0.290 e. The second kappa shape index (κ2) is 35.7. The van der Waals surface area contributed by atoms with Gasteiger partial charge in [0.25, 0.3) is 11.4 Å². The number of imidazole rings is 2. The van der Waals surface area contributed by atoms with Crippen LogP contribution in [0, 0.1) is 20.2 Å². The highest BCUT2D eigenvalue weighted by atomic mass is 79.9. The maximum atomic E-state index is 13.5. The van der Waals surface area contributed by atoms with E-state index in [1.54, 1.807) is 43.4 Å². The van der Waals surface area contributed by atoms with Crippen LogP contribution in [-0.4, -0.2) is 167 Å². The van der Waals surface area contributed by atoms with E-state index < -0.39 is 40.7 Å². The highest BCUT2D eigenvalue weighted by molar-refractivity contribution is 9.10. The molecule has 0 spiro atoms. The van der Waals surface area contributed by atoms with Gasteiger partial charge in [0, 0.05) is 77.1 Å². The Kier molecular flexibility index (Phi) is 26.7. The summed E-state index contributed by atoms with van der Waals surface area (Å²) in [6.45, 7) is 15.9. The Morgan fingerprint density at radius 3 is 1.42 bits per heavy atom. The van der Waals surface area contributed by atoms with Gasteiger partial charge in [-0.25, -0.2) is 66.8 Å². The van der Waals surface area contributed by atoms with Crippen molar-refractivity contribution in [1.82, 2.24) is 59.3 Å². The molecular weight excluding hydrogens is 1370 g/mol. The molecule has 0 unspecified atom stereocenters. The number of fused-ring (bicyclic) bond motifs is 2. The third-order valence-corrected chi connectivity index (χ3v) is 18.5. The number of rotatable bonds is 15. The highest BCUT2D eigenvalue weighted by Gasteiger charge is 2.28. The molecule has 5 aliphatic heterocycles. The monoisotopic (exact) mass is 1460 g/mol. The Morgan fingerprint density at radius 2 is 0.960 bits per heavy atom. The molecule has 0 bridgehead atoms. The molecule has 0 saturated carbocycles. The number of hydrogen-bond donors (Lipinski definition) is 3. The van der Waals surface area contributed by atoms with Crippen LogP contribution in [-0.2, 0) is 46.2 Å². The van der Waals surface area contributed by atoms with Crippen molar-refractivity contribution in [3.8, 4) is 0 Å². The van der Waals surface area contributed by atoms with Gasteiger partial charge in [-0.1, -0.05) is 34.6 Å². The van der Waals surface area contributed by atoms with E-state index in [0.29, 0.717) is 106 Å². The number of halogens is 6. The van der Waals surface area contributed by atoms with Gasteiger partial charge < -0.3 is 50.0 Å². The van der Waals surface area contributed by atoms with Gasteiger partial charge in [-0.05, 0) is 134 Å². The summed E-state index contributed by atoms with van der Waals surface area (Å²) >= 11 is 3.15. The molecular formula is C70H89BrF5N21O4. The Bertz CT molecular complexity index is 4240. The third kappa shape index (κ3) is 19.9. The fraction of sp³-hybridized carbons (Fsp3) is 0.471. The number of alkyl halides is 5. The van der Waals surface area contributed by atoms with Crippen molar-refractivity contribution in [3.63, 3.8) is 0 Å². The normalized spacial score (nSPS) is 18.4. The molecule has 4 N–H and O–H groups in total. The molecule has 31 heteroatoms. The molecule has 14 rings (SSSR count). The topological polar surface area (TPSA) is 278 Å². The molecule has 101 heavy (non-hydrogen) atoms. The number of hydrogen-bond acceptors (Lipinski definition) is 21. The molecule has 540 valence electrons. The van der Waals surface area contributed by atoms with Crippen LogP contribution in [0.25, 0.3) is 22.1 Å². The number of aryl methyl sites for hydroxylation is 7. The van der Waals surface area contributed by atoms with Crippen molar-refractivity contribution < 1.29 is 31.8 Å². The average Bonchev–Trinajstić information content (AvgIpc) is 1.38. The molecule has 5 fully saturated rings. The number of nitrogen functional groups attached to an aromatic ring is 1. The number of nitrogens with zero attached hydrogens (tertiary/aromatic N) is 18. The molecule has 5 saturated heterocycles. The van der Waals surface area contributed by atoms with E-state index in [4.69, 9.17) is 5.73 Å². The second-order valence-electron chi connectivity index (χ2n) is 25.1. The summed E-state index contributed by atoms with van der Waals surface area (Å²) in [5.74, 6) is 4.78. The summed E-state index contributed by atoms with van der Waals surface area (Å²) in [5, 5.41) is 27.4. The fourth-order valence-electron chi connectivity index (χ4n) is 12.2. The first-order valence-electron chi connectivity index (χ1n) is 34.2. The molecule has 0 radical (unpaired) electrons. The molecule has 0 aliphatic carbocycles. The van der Waals surface area contributed by atoms with Crippen LogP contribution in [0.2, 0.25) is 0 Å². The summed E-state index contributed by atoms with van der Waals surface area (Å²) < 4.78 is 69.5. The molecule has 0 amide bonds. The lowest BCUT2D eigenvalue weighted by Crippen LogP contribution is -2.22. The maximum absolute atomic E-state index is 13.5. The number of nitro groups is 2. The zero-order valence-corrected chi connectivity index (χ0v) is 59.9. The van der Waals surface area contributed by atoms with Crippen LogP contribution in [0.5, 0.6) is 0 Å². The van der Waals surface area contributed by atoms with Gasteiger partial charge in [0.05, 0.1) is 108 Å². The number of pyridine rings is 7. The molecule has 0 aromatic carbocycles. The van der Waals surface area contributed by atoms with Crippen LogP contribution < -0.4 is 40.9 Å².